The second-order valence-electron chi connectivity index (χ2n) is 4.18. The molecule has 0 unspecified atom stereocenters. The van der Waals surface area contributed by atoms with Gasteiger partial charge in [0.25, 0.3) is 0 Å². The van der Waals surface area contributed by atoms with Gasteiger partial charge in [-0.2, -0.15) is 10.4 Å². The summed E-state index contributed by atoms with van der Waals surface area (Å²) in [7, 11) is 0. The Hall–Kier alpha value is -2.42. The van der Waals surface area contributed by atoms with Gasteiger partial charge in [0.1, 0.15) is 6.07 Å². The topological polar surface area (TPSA) is 61.1 Å². The maximum absolute atomic E-state index is 9.25. The summed E-state index contributed by atoms with van der Waals surface area (Å²) in [6.45, 7) is 0. The van der Waals surface area contributed by atoms with Gasteiger partial charge in [0.2, 0.25) is 0 Å². The highest BCUT2D eigenvalue weighted by Crippen LogP contribution is 2.22. The molecule has 1 N–H and O–H groups in total. The maximum atomic E-state index is 9.25. The maximum Gasteiger partial charge on any atom is 0.196 e. The molecule has 0 aliphatic heterocycles. The van der Waals surface area contributed by atoms with E-state index >= 15 is 0 Å². The first-order chi connectivity index (χ1) is 10.3. The Morgan fingerprint density at radius 3 is 2.67 bits per heavy atom. The van der Waals surface area contributed by atoms with Crippen molar-refractivity contribution in [2.24, 2.45) is 5.10 Å². The van der Waals surface area contributed by atoms with Crippen LogP contribution in [0, 0.1) is 11.3 Å². The molecule has 1 heterocycles. The van der Waals surface area contributed by atoms with E-state index in [1.807, 2.05) is 24.3 Å². The van der Waals surface area contributed by atoms with E-state index in [0.29, 0.717) is 10.0 Å². The van der Waals surface area contributed by atoms with Gasteiger partial charge in [-0.3, -0.25) is 5.43 Å². The molecule has 0 saturated carbocycles. The number of aromatic nitrogens is 1. The Balaban J connectivity index is 1.89. The van der Waals surface area contributed by atoms with E-state index in [4.69, 9.17) is 11.6 Å². The Morgan fingerprint density at radius 2 is 1.95 bits per heavy atom. The van der Waals surface area contributed by atoms with E-state index in [9.17, 15) is 5.26 Å². The summed E-state index contributed by atoms with van der Waals surface area (Å²) >= 11 is 7.26. The van der Waals surface area contributed by atoms with Crippen LogP contribution in [0.25, 0.3) is 10.2 Å². The van der Waals surface area contributed by atoms with E-state index in [-0.39, 0.29) is 5.71 Å². The number of benzene rings is 2. The van der Waals surface area contributed by atoms with Crippen LogP contribution in [0.5, 0.6) is 0 Å². The molecule has 1 aromatic heterocycles. The number of para-hydroxylation sites is 1. The van der Waals surface area contributed by atoms with Crippen molar-refractivity contribution in [3.8, 4) is 6.07 Å². The monoisotopic (exact) mass is 312 g/mol. The molecule has 0 atom stereocenters. The Labute approximate surface area is 130 Å². The van der Waals surface area contributed by atoms with Crippen LogP contribution in [0.1, 0.15) is 5.01 Å². The molecular formula is C15H9ClN4S. The average molecular weight is 313 g/mol. The van der Waals surface area contributed by atoms with Gasteiger partial charge >= 0.3 is 0 Å². The zero-order chi connectivity index (χ0) is 14.7. The molecule has 3 rings (SSSR count). The fourth-order valence-electron chi connectivity index (χ4n) is 1.74. The first-order valence-electron chi connectivity index (χ1n) is 6.11. The number of nitrogens with zero attached hydrogens (tertiary/aromatic N) is 3. The van der Waals surface area contributed by atoms with Crippen LogP contribution in [0.4, 0.5) is 5.69 Å². The third-order valence-electron chi connectivity index (χ3n) is 2.74. The molecule has 6 heteroatoms. The number of nitrogens with one attached hydrogen (secondary N) is 1. The molecule has 0 saturated heterocycles. The number of thiazole rings is 1. The second-order valence-corrected chi connectivity index (χ2v) is 5.64. The molecule has 0 amide bonds. The molecular weight excluding hydrogens is 304 g/mol. The summed E-state index contributed by atoms with van der Waals surface area (Å²) < 4.78 is 1.03. The number of halogens is 1. The highest BCUT2D eigenvalue weighted by atomic mass is 35.5. The van der Waals surface area contributed by atoms with E-state index in [0.717, 1.165) is 15.9 Å². The molecule has 102 valence electrons. The minimum Gasteiger partial charge on any atom is -0.277 e. The standard InChI is InChI=1S/C15H9ClN4S/c16-10-5-7-11(8-6-10)19-20-13(9-17)15-18-12-3-1-2-4-14(12)21-15/h1-8,19H. The Morgan fingerprint density at radius 1 is 1.19 bits per heavy atom. The number of fused-ring (bicyclic) bond motifs is 1. The average Bonchev–Trinajstić information content (AvgIpc) is 2.93. The van der Waals surface area contributed by atoms with Crippen molar-refractivity contribution in [2.75, 3.05) is 5.43 Å². The first kappa shape index (κ1) is 13.6. The predicted molar refractivity (Wildman–Crippen MR) is 86.8 cm³/mol. The number of nitriles is 1. The molecule has 4 nitrogen and oxygen atoms in total. The quantitative estimate of drug-likeness (QED) is 0.579. The Kier molecular flexibility index (Phi) is 3.82. The molecule has 0 bridgehead atoms. The predicted octanol–water partition coefficient (Wildman–Crippen LogP) is 4.29. The fourth-order valence-corrected chi connectivity index (χ4v) is 2.77. The molecule has 3 aromatic rings. The van der Waals surface area contributed by atoms with E-state index < -0.39 is 0 Å². The molecule has 0 fully saturated rings. The lowest BCUT2D eigenvalue weighted by atomic mass is 10.3. The van der Waals surface area contributed by atoms with Crippen molar-refractivity contribution in [1.82, 2.24) is 4.98 Å². The normalized spacial score (nSPS) is 11.3. The summed E-state index contributed by atoms with van der Waals surface area (Å²) in [6, 6.07) is 16.9. The lowest BCUT2D eigenvalue weighted by Crippen LogP contribution is -2.01. The third kappa shape index (κ3) is 3.02. The number of rotatable bonds is 3. The van der Waals surface area contributed by atoms with Crippen molar-refractivity contribution in [1.29, 1.82) is 5.26 Å². The van der Waals surface area contributed by atoms with Crippen LogP contribution < -0.4 is 5.43 Å². The molecule has 0 radical (unpaired) electrons. The van der Waals surface area contributed by atoms with Crippen LogP contribution in [-0.4, -0.2) is 10.7 Å². The molecule has 0 aliphatic rings. The van der Waals surface area contributed by atoms with Gasteiger partial charge in [-0.15, -0.1) is 11.3 Å². The number of hydrogen-bond donors (Lipinski definition) is 1. The van der Waals surface area contributed by atoms with Gasteiger partial charge in [0, 0.05) is 5.02 Å². The van der Waals surface area contributed by atoms with E-state index in [2.05, 4.69) is 21.6 Å². The summed E-state index contributed by atoms with van der Waals surface area (Å²) in [4.78, 5) is 4.41. The van der Waals surface area contributed by atoms with Crippen molar-refractivity contribution in [3.63, 3.8) is 0 Å². The largest absolute Gasteiger partial charge is 0.277 e. The number of hydrazone groups is 1. The molecule has 2 aromatic carbocycles. The van der Waals surface area contributed by atoms with Crippen LogP contribution in [-0.2, 0) is 0 Å². The minimum atomic E-state index is 0.256. The van der Waals surface area contributed by atoms with Crippen LogP contribution in [0.3, 0.4) is 0 Å². The van der Waals surface area contributed by atoms with Gasteiger partial charge < -0.3 is 0 Å². The molecule has 0 spiro atoms. The summed E-state index contributed by atoms with van der Waals surface area (Å²) in [5.74, 6) is 0. The van der Waals surface area contributed by atoms with Gasteiger partial charge in [-0.25, -0.2) is 4.98 Å². The lowest BCUT2D eigenvalue weighted by molar-refractivity contribution is 1.32. The van der Waals surface area contributed by atoms with Crippen molar-refractivity contribution < 1.29 is 0 Å². The van der Waals surface area contributed by atoms with Crippen LogP contribution in [0.15, 0.2) is 53.6 Å². The van der Waals surface area contributed by atoms with Crippen LogP contribution in [0.2, 0.25) is 5.02 Å². The van der Waals surface area contributed by atoms with Crippen molar-refractivity contribution in [3.05, 3.63) is 58.6 Å². The third-order valence-corrected chi connectivity index (χ3v) is 4.04. The Bertz CT molecular complexity index is 813. The van der Waals surface area contributed by atoms with Gasteiger partial charge in [-0.1, -0.05) is 23.7 Å². The van der Waals surface area contributed by atoms with Crippen molar-refractivity contribution >= 4 is 44.6 Å². The highest BCUT2D eigenvalue weighted by Gasteiger charge is 2.09. The summed E-state index contributed by atoms with van der Waals surface area (Å²) in [5, 5.41) is 14.6. The minimum absolute atomic E-state index is 0.256. The van der Waals surface area contributed by atoms with Crippen LogP contribution >= 0.6 is 22.9 Å². The zero-order valence-electron chi connectivity index (χ0n) is 10.7. The van der Waals surface area contributed by atoms with Gasteiger partial charge in [0.15, 0.2) is 10.7 Å². The van der Waals surface area contributed by atoms with Gasteiger partial charge in [-0.05, 0) is 36.4 Å². The van der Waals surface area contributed by atoms with E-state index in [1.54, 1.807) is 24.3 Å². The van der Waals surface area contributed by atoms with Gasteiger partial charge in [0.05, 0.1) is 15.9 Å². The second kappa shape index (κ2) is 5.92. The van der Waals surface area contributed by atoms with Crippen molar-refractivity contribution in [2.45, 2.75) is 0 Å². The first-order valence-corrected chi connectivity index (χ1v) is 7.31. The fraction of sp³-hybridized carbons (Fsp3) is 0. The lowest BCUT2D eigenvalue weighted by Gasteiger charge is -2.00. The molecule has 0 aliphatic carbocycles. The zero-order valence-corrected chi connectivity index (χ0v) is 12.3. The van der Waals surface area contributed by atoms with E-state index in [1.165, 1.54) is 11.3 Å². The smallest absolute Gasteiger partial charge is 0.196 e. The highest BCUT2D eigenvalue weighted by molar-refractivity contribution is 7.20. The molecule has 21 heavy (non-hydrogen) atoms. The summed E-state index contributed by atoms with van der Waals surface area (Å²) in [6.07, 6.45) is 0. The number of hydrogen-bond acceptors (Lipinski definition) is 5. The number of anilines is 1. The SMILES string of the molecule is N#CC(=NNc1ccc(Cl)cc1)c1nc2ccccc2s1. The summed E-state index contributed by atoms with van der Waals surface area (Å²) in [5.41, 5.74) is 4.72.